The molecule has 6 rings (SSSR count). The highest BCUT2D eigenvalue weighted by Gasteiger charge is 2.23. The zero-order chi connectivity index (χ0) is 29.4. The number of hydrogen-bond acceptors (Lipinski definition) is 4. The number of para-hydroxylation sites is 2. The molecule has 8 heteroatoms. The van der Waals surface area contributed by atoms with Gasteiger partial charge < -0.3 is 19.6 Å². The summed E-state index contributed by atoms with van der Waals surface area (Å²) in [5.74, 6) is -0.453. The first-order chi connectivity index (χ1) is 21.1. The largest absolute Gasteiger partial charge is 0.445 e. The second-order valence-corrected chi connectivity index (χ2v) is 10.3. The number of aromatic amines is 1. The summed E-state index contributed by atoms with van der Waals surface area (Å²) < 4.78 is 7.57. The number of fused-ring (bicyclic) bond motifs is 2. The Morgan fingerprint density at radius 1 is 0.837 bits per heavy atom. The van der Waals surface area contributed by atoms with E-state index in [1.54, 1.807) is 6.21 Å². The van der Waals surface area contributed by atoms with Gasteiger partial charge in [0, 0.05) is 52.7 Å². The van der Waals surface area contributed by atoms with E-state index in [1.165, 1.54) is 5.56 Å². The number of carbonyl (C=O) groups excluding carboxylic acids is 2. The topological polar surface area (TPSA) is 101 Å². The summed E-state index contributed by atoms with van der Waals surface area (Å²) in [6.07, 6.45) is 5.08. The zero-order valence-corrected chi connectivity index (χ0v) is 23.4. The monoisotopic (exact) mass is 569 g/mol. The molecule has 0 bridgehead atoms. The van der Waals surface area contributed by atoms with E-state index in [0.717, 1.165) is 38.5 Å². The Morgan fingerprint density at radius 3 is 2.30 bits per heavy atom. The van der Waals surface area contributed by atoms with Gasteiger partial charge in [-0.05, 0) is 28.8 Å². The number of rotatable bonds is 10. The third-order valence-corrected chi connectivity index (χ3v) is 7.31. The van der Waals surface area contributed by atoms with Crippen LogP contribution in [0.1, 0.15) is 22.3 Å². The Hall–Kier alpha value is -5.63. The summed E-state index contributed by atoms with van der Waals surface area (Å²) >= 11 is 0. The minimum atomic E-state index is -0.918. The molecule has 4 aromatic carbocycles. The number of hydrogen-bond donors (Lipinski definition) is 3. The van der Waals surface area contributed by atoms with E-state index in [0.29, 0.717) is 6.54 Å². The fourth-order valence-corrected chi connectivity index (χ4v) is 5.17. The van der Waals surface area contributed by atoms with Crippen molar-refractivity contribution in [3.05, 3.63) is 144 Å². The van der Waals surface area contributed by atoms with Crippen molar-refractivity contribution >= 4 is 40.0 Å². The highest BCUT2D eigenvalue weighted by Crippen LogP contribution is 2.22. The van der Waals surface area contributed by atoms with Crippen molar-refractivity contribution in [1.82, 2.24) is 20.3 Å². The van der Waals surface area contributed by atoms with Gasteiger partial charge in [-0.25, -0.2) is 10.2 Å². The van der Waals surface area contributed by atoms with Crippen molar-refractivity contribution in [3.63, 3.8) is 0 Å². The van der Waals surface area contributed by atoms with Gasteiger partial charge in [-0.2, -0.15) is 5.10 Å². The Bertz CT molecular complexity index is 1880. The lowest BCUT2D eigenvalue weighted by atomic mass is 10.0. The summed E-state index contributed by atoms with van der Waals surface area (Å²) in [7, 11) is 0. The predicted octanol–water partition coefficient (Wildman–Crippen LogP) is 6.16. The average Bonchev–Trinajstić information content (AvgIpc) is 3.62. The molecule has 2 aromatic heterocycles. The molecule has 0 aliphatic heterocycles. The third-order valence-electron chi connectivity index (χ3n) is 7.31. The van der Waals surface area contributed by atoms with E-state index < -0.39 is 18.0 Å². The van der Waals surface area contributed by atoms with Crippen LogP contribution in [-0.4, -0.2) is 33.8 Å². The molecule has 0 aliphatic carbocycles. The number of alkyl carbamates (subject to hydrolysis) is 1. The van der Waals surface area contributed by atoms with E-state index >= 15 is 0 Å². The lowest BCUT2D eigenvalue weighted by Gasteiger charge is -2.17. The van der Waals surface area contributed by atoms with Gasteiger partial charge in [0.25, 0.3) is 5.91 Å². The molecule has 0 saturated carbocycles. The normalized spacial score (nSPS) is 12.0. The van der Waals surface area contributed by atoms with Crippen LogP contribution in [0.2, 0.25) is 0 Å². The number of carbonyl (C=O) groups is 2. The maximum Gasteiger partial charge on any atom is 0.408 e. The number of hydrazone groups is 1. The third kappa shape index (κ3) is 6.65. The summed E-state index contributed by atoms with van der Waals surface area (Å²) in [5.41, 5.74) is 8.46. The first kappa shape index (κ1) is 27.5. The first-order valence-electron chi connectivity index (χ1n) is 14.1. The highest BCUT2D eigenvalue weighted by molar-refractivity contribution is 6.00. The lowest BCUT2D eigenvalue weighted by Crippen LogP contribution is -2.47. The van der Waals surface area contributed by atoms with Crippen LogP contribution in [0.15, 0.2) is 127 Å². The van der Waals surface area contributed by atoms with Gasteiger partial charge in [-0.3, -0.25) is 4.79 Å². The summed E-state index contributed by atoms with van der Waals surface area (Å²) in [6.45, 7) is 0.808. The highest BCUT2D eigenvalue weighted by atomic mass is 16.5. The molecule has 0 radical (unpaired) electrons. The van der Waals surface area contributed by atoms with Crippen LogP contribution < -0.4 is 10.7 Å². The molecule has 0 spiro atoms. The second kappa shape index (κ2) is 12.9. The van der Waals surface area contributed by atoms with Crippen LogP contribution in [0.3, 0.4) is 0 Å². The molecule has 214 valence electrons. The van der Waals surface area contributed by atoms with E-state index in [9.17, 15) is 9.59 Å². The minimum Gasteiger partial charge on any atom is -0.445 e. The van der Waals surface area contributed by atoms with E-state index in [-0.39, 0.29) is 13.0 Å². The standard InChI is InChI=1S/C35H31N5O3/c41-34(39-37-21-28-23-40(22-25-11-3-1-4-12-25)33-18-10-8-16-30(28)33)32(19-27-20-36-31-17-9-7-15-29(27)31)38-35(42)43-24-26-13-5-2-6-14-26/h1-18,20-21,23,32,36H,19,22,24H2,(H,38,42)(H,39,41)/b37-21-/t32-/m0/s1. The van der Waals surface area contributed by atoms with Gasteiger partial charge in [0.1, 0.15) is 12.6 Å². The molecule has 0 aliphatic rings. The van der Waals surface area contributed by atoms with Crippen molar-refractivity contribution in [2.75, 3.05) is 0 Å². The molecule has 6 aromatic rings. The summed E-state index contributed by atoms with van der Waals surface area (Å²) in [5, 5.41) is 9.03. The molecule has 1 atom stereocenters. The molecule has 3 N–H and O–H groups in total. The van der Waals surface area contributed by atoms with Gasteiger partial charge in [0.2, 0.25) is 0 Å². The van der Waals surface area contributed by atoms with Crippen molar-refractivity contribution < 1.29 is 14.3 Å². The second-order valence-electron chi connectivity index (χ2n) is 10.3. The van der Waals surface area contributed by atoms with Crippen LogP contribution in [0.5, 0.6) is 0 Å². The summed E-state index contributed by atoms with van der Waals surface area (Å²) in [4.78, 5) is 29.4. The molecular weight excluding hydrogens is 538 g/mol. The van der Waals surface area contributed by atoms with Crippen LogP contribution >= 0.6 is 0 Å². The molecule has 2 amide bonds. The van der Waals surface area contributed by atoms with Crippen LogP contribution in [0, 0.1) is 0 Å². The Kier molecular flexibility index (Phi) is 8.27. The molecule has 0 fully saturated rings. The minimum absolute atomic E-state index is 0.0965. The quantitative estimate of drug-likeness (QED) is 0.136. The molecule has 8 nitrogen and oxygen atoms in total. The van der Waals surface area contributed by atoms with Gasteiger partial charge in [-0.15, -0.1) is 0 Å². The molecule has 0 saturated heterocycles. The van der Waals surface area contributed by atoms with E-state index in [1.807, 2.05) is 103 Å². The van der Waals surface area contributed by atoms with Crippen LogP contribution in [0.25, 0.3) is 21.8 Å². The molecule has 43 heavy (non-hydrogen) atoms. The number of nitrogens with zero attached hydrogens (tertiary/aromatic N) is 2. The van der Waals surface area contributed by atoms with Crippen molar-refractivity contribution in [3.8, 4) is 0 Å². The molecular formula is C35H31N5O3. The number of H-pyrrole nitrogens is 1. The van der Waals surface area contributed by atoms with Crippen molar-refractivity contribution in [2.45, 2.75) is 25.6 Å². The number of nitrogens with one attached hydrogen (secondary N) is 3. The smallest absolute Gasteiger partial charge is 0.408 e. The predicted molar refractivity (Wildman–Crippen MR) is 169 cm³/mol. The van der Waals surface area contributed by atoms with Crippen molar-refractivity contribution in [1.29, 1.82) is 0 Å². The maximum absolute atomic E-state index is 13.4. The maximum atomic E-state index is 13.4. The number of amides is 2. The van der Waals surface area contributed by atoms with E-state index in [4.69, 9.17) is 4.74 Å². The average molecular weight is 570 g/mol. The SMILES string of the molecule is O=C(N[C@@H](Cc1c[nH]c2ccccc12)C(=O)N/N=C\c1cn(Cc2ccccc2)c2ccccc12)OCc1ccccc1. The van der Waals surface area contributed by atoms with E-state index in [2.05, 4.69) is 43.6 Å². The van der Waals surface area contributed by atoms with Gasteiger partial charge in [-0.1, -0.05) is 97.1 Å². The van der Waals surface area contributed by atoms with Gasteiger partial charge in [0.15, 0.2) is 0 Å². The molecule has 2 heterocycles. The lowest BCUT2D eigenvalue weighted by molar-refractivity contribution is -0.123. The number of aromatic nitrogens is 2. The fourth-order valence-electron chi connectivity index (χ4n) is 5.17. The zero-order valence-electron chi connectivity index (χ0n) is 23.4. The fraction of sp³-hybridized carbons (Fsp3) is 0.114. The van der Waals surface area contributed by atoms with Gasteiger partial charge in [0.05, 0.1) is 6.21 Å². The number of ether oxygens (including phenoxy) is 1. The molecule has 0 unspecified atom stereocenters. The Labute approximate surface area is 249 Å². The van der Waals surface area contributed by atoms with Gasteiger partial charge >= 0.3 is 6.09 Å². The first-order valence-corrected chi connectivity index (χ1v) is 14.1. The number of benzene rings is 4. The summed E-state index contributed by atoms with van der Waals surface area (Å²) in [6, 6.07) is 34.6. The van der Waals surface area contributed by atoms with Crippen LogP contribution in [-0.2, 0) is 29.1 Å². The Balaban J connectivity index is 1.18. The Morgan fingerprint density at radius 2 is 1.51 bits per heavy atom. The van der Waals surface area contributed by atoms with Crippen LogP contribution in [0.4, 0.5) is 4.79 Å². The van der Waals surface area contributed by atoms with Crippen molar-refractivity contribution in [2.24, 2.45) is 5.10 Å².